The van der Waals surface area contributed by atoms with Gasteiger partial charge in [0.15, 0.2) is 12.6 Å². The lowest BCUT2D eigenvalue weighted by molar-refractivity contribution is 0.0795. The topological polar surface area (TPSA) is 81.8 Å². The maximum Gasteiger partial charge on any atom is 0.272 e. The number of alkyl halides is 2. The van der Waals surface area contributed by atoms with Crippen molar-refractivity contribution in [2.24, 2.45) is 10.7 Å². The number of rotatable bonds is 8. The second kappa shape index (κ2) is 11.9. The van der Waals surface area contributed by atoms with E-state index in [1.54, 1.807) is 18.2 Å². The summed E-state index contributed by atoms with van der Waals surface area (Å²) in [5, 5.41) is 2.98. The molecule has 0 atom stereocenters. The van der Waals surface area contributed by atoms with Crippen LogP contribution in [-0.2, 0) is 6.54 Å². The van der Waals surface area contributed by atoms with Gasteiger partial charge in [0.25, 0.3) is 6.43 Å². The van der Waals surface area contributed by atoms with Crippen molar-refractivity contribution < 1.29 is 18.3 Å². The van der Waals surface area contributed by atoms with Gasteiger partial charge in [-0.05, 0) is 30.3 Å². The zero-order chi connectivity index (χ0) is 20.5. The van der Waals surface area contributed by atoms with E-state index in [1.165, 1.54) is 6.07 Å². The number of aliphatic imine (C=N–C) groups is 1. The summed E-state index contributed by atoms with van der Waals surface area (Å²) in [7, 11) is 0. The monoisotopic (exact) mass is 526 g/mol. The van der Waals surface area contributed by atoms with Gasteiger partial charge < -0.3 is 20.5 Å². The Kier molecular flexibility index (Phi) is 9.26. The highest BCUT2D eigenvalue weighted by Crippen LogP contribution is 2.23. The van der Waals surface area contributed by atoms with E-state index in [2.05, 4.69) is 15.3 Å². The fourth-order valence-corrected chi connectivity index (χ4v) is 2.39. The highest BCUT2D eigenvalue weighted by atomic mass is 127. The summed E-state index contributed by atoms with van der Waals surface area (Å²) in [6.45, 7) is -0.532. The van der Waals surface area contributed by atoms with E-state index >= 15 is 0 Å². The Labute approximate surface area is 190 Å². The molecule has 6 nitrogen and oxygen atoms in total. The summed E-state index contributed by atoms with van der Waals surface area (Å²) < 4.78 is 35.1. The van der Waals surface area contributed by atoms with Crippen LogP contribution in [0, 0.1) is 0 Å². The highest BCUT2D eigenvalue weighted by molar-refractivity contribution is 14.0. The third kappa shape index (κ3) is 7.82. The lowest BCUT2D eigenvalue weighted by Crippen LogP contribution is -2.22. The lowest BCUT2D eigenvalue weighted by Gasteiger charge is -2.09. The van der Waals surface area contributed by atoms with Crippen LogP contribution in [0.3, 0.4) is 0 Å². The molecule has 3 N–H and O–H groups in total. The van der Waals surface area contributed by atoms with Crippen LogP contribution in [0.15, 0.2) is 77.8 Å². The number of para-hydroxylation sites is 1. The maximum absolute atomic E-state index is 12.2. The molecule has 0 aliphatic carbocycles. The third-order valence-electron chi connectivity index (χ3n) is 3.64. The van der Waals surface area contributed by atoms with Crippen LogP contribution >= 0.6 is 24.0 Å². The number of pyridine rings is 1. The Morgan fingerprint density at radius 2 is 1.73 bits per heavy atom. The third-order valence-corrected chi connectivity index (χ3v) is 3.64. The number of hydrogen-bond donors (Lipinski definition) is 2. The summed E-state index contributed by atoms with van der Waals surface area (Å²) in [6.07, 6.45) is -2.56. The standard InChI is InChI=1S/C21H20F2N4O2.HI/c22-19(23)14-28-20-11-5-7-16(26-20)13-25-21(24)27-15-6-4-10-18(12-15)29-17-8-2-1-3-9-17;/h1-12,19H,13-14H2,(H3,24,25,27);1H. The molecule has 0 unspecified atom stereocenters. The highest BCUT2D eigenvalue weighted by Gasteiger charge is 2.05. The van der Waals surface area contributed by atoms with E-state index in [4.69, 9.17) is 15.2 Å². The molecular weight excluding hydrogens is 505 g/mol. The Bertz CT molecular complexity index is 959. The van der Waals surface area contributed by atoms with Gasteiger partial charge in [0.2, 0.25) is 5.88 Å². The van der Waals surface area contributed by atoms with Crippen molar-refractivity contribution in [3.8, 4) is 17.4 Å². The number of anilines is 1. The molecule has 0 aliphatic heterocycles. The number of halogens is 3. The summed E-state index contributed by atoms with van der Waals surface area (Å²) in [5.74, 6) is 1.68. The number of ether oxygens (including phenoxy) is 2. The van der Waals surface area contributed by atoms with Crippen LogP contribution in [0.5, 0.6) is 17.4 Å². The zero-order valence-electron chi connectivity index (χ0n) is 15.9. The van der Waals surface area contributed by atoms with Crippen LogP contribution in [-0.4, -0.2) is 24.0 Å². The smallest absolute Gasteiger partial charge is 0.272 e. The minimum atomic E-state index is -2.56. The van der Waals surface area contributed by atoms with Crippen molar-refractivity contribution in [3.05, 3.63) is 78.5 Å². The molecular formula is C21H21F2IN4O2. The molecule has 3 rings (SSSR count). The molecule has 3 aromatic rings. The Morgan fingerprint density at radius 1 is 1.00 bits per heavy atom. The first-order valence-electron chi connectivity index (χ1n) is 8.85. The van der Waals surface area contributed by atoms with Crippen molar-refractivity contribution >= 4 is 35.6 Å². The molecule has 1 heterocycles. The Balaban J connectivity index is 0.00000320. The predicted molar refractivity (Wildman–Crippen MR) is 123 cm³/mol. The zero-order valence-corrected chi connectivity index (χ0v) is 18.2. The normalized spacial score (nSPS) is 11.0. The van der Waals surface area contributed by atoms with Crippen molar-refractivity contribution in [2.75, 3.05) is 11.9 Å². The minimum Gasteiger partial charge on any atom is -0.472 e. The van der Waals surface area contributed by atoms with Gasteiger partial charge in [-0.15, -0.1) is 24.0 Å². The quantitative estimate of drug-likeness (QED) is 0.244. The van der Waals surface area contributed by atoms with Gasteiger partial charge >= 0.3 is 0 Å². The first-order chi connectivity index (χ1) is 14.1. The van der Waals surface area contributed by atoms with Crippen LogP contribution < -0.4 is 20.5 Å². The molecule has 158 valence electrons. The van der Waals surface area contributed by atoms with E-state index in [-0.39, 0.29) is 42.4 Å². The Morgan fingerprint density at radius 3 is 2.50 bits per heavy atom. The molecule has 2 aromatic carbocycles. The number of hydrogen-bond acceptors (Lipinski definition) is 4. The van der Waals surface area contributed by atoms with E-state index in [1.807, 2.05) is 48.5 Å². The molecule has 0 amide bonds. The average Bonchev–Trinajstić information content (AvgIpc) is 2.72. The van der Waals surface area contributed by atoms with Gasteiger partial charge in [-0.3, -0.25) is 0 Å². The van der Waals surface area contributed by atoms with Gasteiger partial charge in [-0.2, -0.15) is 0 Å². The summed E-state index contributed by atoms with van der Waals surface area (Å²) in [6, 6.07) is 21.6. The van der Waals surface area contributed by atoms with Gasteiger partial charge in [-0.25, -0.2) is 18.8 Å². The van der Waals surface area contributed by atoms with Crippen molar-refractivity contribution in [2.45, 2.75) is 13.0 Å². The van der Waals surface area contributed by atoms with Gasteiger partial charge in [0.05, 0.1) is 12.2 Å². The second-order valence-corrected chi connectivity index (χ2v) is 5.94. The maximum atomic E-state index is 12.2. The molecule has 30 heavy (non-hydrogen) atoms. The fraction of sp³-hybridized carbons (Fsp3) is 0.143. The predicted octanol–water partition coefficient (Wildman–Crippen LogP) is 5.06. The molecule has 9 heteroatoms. The van der Waals surface area contributed by atoms with E-state index < -0.39 is 13.0 Å². The molecule has 1 aromatic heterocycles. The number of nitrogens with zero attached hydrogens (tertiary/aromatic N) is 2. The van der Waals surface area contributed by atoms with Crippen LogP contribution in [0.2, 0.25) is 0 Å². The van der Waals surface area contributed by atoms with Crippen LogP contribution in [0.4, 0.5) is 14.5 Å². The molecule has 0 bridgehead atoms. The van der Waals surface area contributed by atoms with Crippen molar-refractivity contribution in [1.29, 1.82) is 0 Å². The molecule has 0 fully saturated rings. The summed E-state index contributed by atoms with van der Waals surface area (Å²) in [4.78, 5) is 8.33. The largest absolute Gasteiger partial charge is 0.472 e. The van der Waals surface area contributed by atoms with Gasteiger partial charge in [-0.1, -0.05) is 30.3 Å². The number of benzene rings is 2. The summed E-state index contributed by atoms with van der Waals surface area (Å²) >= 11 is 0. The van der Waals surface area contributed by atoms with Crippen molar-refractivity contribution in [3.63, 3.8) is 0 Å². The number of nitrogens with one attached hydrogen (secondary N) is 1. The van der Waals surface area contributed by atoms with E-state index in [0.717, 1.165) is 5.75 Å². The first kappa shape index (κ1) is 23.3. The average molecular weight is 526 g/mol. The molecule has 0 saturated carbocycles. The number of guanidine groups is 1. The molecule has 0 spiro atoms. The first-order valence-corrected chi connectivity index (χ1v) is 8.85. The number of aromatic nitrogens is 1. The van der Waals surface area contributed by atoms with Crippen molar-refractivity contribution in [1.82, 2.24) is 4.98 Å². The van der Waals surface area contributed by atoms with E-state index in [9.17, 15) is 8.78 Å². The fourth-order valence-electron chi connectivity index (χ4n) is 2.39. The Hall–Kier alpha value is -2.95. The molecule has 0 saturated heterocycles. The van der Waals surface area contributed by atoms with Gasteiger partial charge in [0, 0.05) is 17.8 Å². The molecule has 0 aliphatic rings. The van der Waals surface area contributed by atoms with Crippen LogP contribution in [0.1, 0.15) is 5.69 Å². The lowest BCUT2D eigenvalue weighted by atomic mass is 10.3. The minimum absolute atomic E-state index is 0. The second-order valence-electron chi connectivity index (χ2n) is 5.94. The SMILES string of the molecule is I.NC(=NCc1cccc(OCC(F)F)n1)Nc1cccc(Oc2ccccc2)c1. The van der Waals surface area contributed by atoms with Gasteiger partial charge in [0.1, 0.15) is 11.5 Å². The number of nitrogens with two attached hydrogens (primary N) is 1. The van der Waals surface area contributed by atoms with E-state index in [0.29, 0.717) is 17.1 Å². The molecule has 0 radical (unpaired) electrons. The van der Waals surface area contributed by atoms with Crippen LogP contribution in [0.25, 0.3) is 0 Å². The summed E-state index contributed by atoms with van der Waals surface area (Å²) in [5.41, 5.74) is 7.19.